The van der Waals surface area contributed by atoms with Crippen LogP contribution in [-0.2, 0) is 16.1 Å². The van der Waals surface area contributed by atoms with Crippen molar-refractivity contribution in [1.29, 1.82) is 0 Å². The van der Waals surface area contributed by atoms with Crippen molar-refractivity contribution in [3.8, 4) is 5.75 Å². The normalized spacial score (nSPS) is 11.1. The highest BCUT2D eigenvalue weighted by Gasteiger charge is 2.04. The molecule has 0 amide bonds. The molecule has 1 heterocycles. The van der Waals surface area contributed by atoms with Crippen molar-refractivity contribution < 1.29 is 14.3 Å². The van der Waals surface area contributed by atoms with Crippen LogP contribution in [0, 0.1) is 0 Å². The van der Waals surface area contributed by atoms with Gasteiger partial charge >= 0.3 is 5.97 Å². The Balaban J connectivity index is 2.16. The molecule has 0 bridgehead atoms. The Hall–Kier alpha value is -2.23. The third kappa shape index (κ3) is 2.96. The zero-order valence-electron chi connectivity index (χ0n) is 11.1. The lowest BCUT2D eigenvalue weighted by Gasteiger charge is -2.04. The maximum absolute atomic E-state index is 11.2. The molecule has 4 heteroatoms. The minimum Gasteiger partial charge on any atom is -0.496 e. The van der Waals surface area contributed by atoms with E-state index in [2.05, 4.69) is 0 Å². The molecule has 4 nitrogen and oxygen atoms in total. The Morgan fingerprint density at radius 2 is 2.21 bits per heavy atom. The summed E-state index contributed by atoms with van der Waals surface area (Å²) in [5.41, 5.74) is 1.08. The van der Waals surface area contributed by atoms with Gasteiger partial charge in [-0.1, -0.05) is 12.1 Å². The zero-order chi connectivity index (χ0) is 13.7. The molecule has 0 fully saturated rings. The van der Waals surface area contributed by atoms with Crippen LogP contribution in [-0.4, -0.2) is 24.3 Å². The Bertz CT molecular complexity index is 598. The van der Waals surface area contributed by atoms with Crippen LogP contribution in [0.1, 0.15) is 6.92 Å². The van der Waals surface area contributed by atoms with Crippen LogP contribution in [0.4, 0.5) is 0 Å². The number of rotatable bonds is 5. The fourth-order valence-corrected chi connectivity index (χ4v) is 1.99. The second-order valence-corrected chi connectivity index (χ2v) is 4.02. The van der Waals surface area contributed by atoms with Crippen LogP contribution < -0.4 is 4.74 Å². The van der Waals surface area contributed by atoms with Crippen molar-refractivity contribution in [1.82, 2.24) is 4.57 Å². The van der Waals surface area contributed by atoms with Gasteiger partial charge in [-0.25, -0.2) is 4.79 Å². The van der Waals surface area contributed by atoms with Gasteiger partial charge in [0.2, 0.25) is 0 Å². The lowest BCUT2D eigenvalue weighted by Crippen LogP contribution is -2.00. The SMILES string of the molecule is CCOC(=O)/C=C/Cn1ccc2c(OC)cccc21. The number of nitrogens with zero attached hydrogens (tertiary/aromatic N) is 1. The quantitative estimate of drug-likeness (QED) is 0.612. The van der Waals surface area contributed by atoms with Crippen LogP contribution in [0.25, 0.3) is 10.9 Å². The largest absolute Gasteiger partial charge is 0.496 e. The number of esters is 1. The molecule has 1 aromatic heterocycles. The van der Waals surface area contributed by atoms with E-state index < -0.39 is 0 Å². The standard InChI is InChI=1S/C15H17NO3/c1-3-19-15(17)8-5-10-16-11-9-12-13(16)6-4-7-14(12)18-2/h4-9,11H,3,10H2,1-2H3/b8-5+. The van der Waals surface area contributed by atoms with Gasteiger partial charge < -0.3 is 14.0 Å². The predicted molar refractivity (Wildman–Crippen MR) is 74.3 cm³/mol. The summed E-state index contributed by atoms with van der Waals surface area (Å²) in [5, 5.41) is 1.06. The molecule has 0 aliphatic heterocycles. The van der Waals surface area contributed by atoms with Gasteiger partial charge in [-0.05, 0) is 25.1 Å². The minimum absolute atomic E-state index is 0.309. The highest BCUT2D eigenvalue weighted by atomic mass is 16.5. The molecule has 0 radical (unpaired) electrons. The Kier molecular flexibility index (Phi) is 4.23. The van der Waals surface area contributed by atoms with E-state index in [4.69, 9.17) is 9.47 Å². The van der Waals surface area contributed by atoms with Gasteiger partial charge in [-0.2, -0.15) is 0 Å². The van der Waals surface area contributed by atoms with E-state index in [0.717, 1.165) is 16.7 Å². The summed E-state index contributed by atoms with van der Waals surface area (Å²) >= 11 is 0. The van der Waals surface area contributed by atoms with Crippen molar-refractivity contribution in [3.05, 3.63) is 42.6 Å². The summed E-state index contributed by atoms with van der Waals surface area (Å²) in [6.07, 6.45) is 5.22. The number of benzene rings is 1. The number of fused-ring (bicyclic) bond motifs is 1. The first-order valence-electron chi connectivity index (χ1n) is 6.21. The Morgan fingerprint density at radius 3 is 2.95 bits per heavy atom. The van der Waals surface area contributed by atoms with Crippen molar-refractivity contribution >= 4 is 16.9 Å². The van der Waals surface area contributed by atoms with Crippen molar-refractivity contribution in [2.75, 3.05) is 13.7 Å². The molecular weight excluding hydrogens is 242 g/mol. The van der Waals surface area contributed by atoms with E-state index in [9.17, 15) is 4.79 Å². The monoisotopic (exact) mass is 259 g/mol. The van der Waals surface area contributed by atoms with Crippen LogP contribution >= 0.6 is 0 Å². The lowest BCUT2D eigenvalue weighted by molar-refractivity contribution is -0.137. The summed E-state index contributed by atoms with van der Waals surface area (Å²) in [4.78, 5) is 11.2. The molecule has 0 aliphatic carbocycles. The predicted octanol–water partition coefficient (Wildman–Crippen LogP) is 2.77. The molecule has 0 spiro atoms. The summed E-state index contributed by atoms with van der Waals surface area (Å²) in [7, 11) is 1.66. The topological polar surface area (TPSA) is 40.5 Å². The Morgan fingerprint density at radius 1 is 1.37 bits per heavy atom. The highest BCUT2D eigenvalue weighted by molar-refractivity contribution is 5.86. The third-order valence-electron chi connectivity index (χ3n) is 2.84. The summed E-state index contributed by atoms with van der Waals surface area (Å²) in [6, 6.07) is 7.91. The summed E-state index contributed by atoms with van der Waals surface area (Å²) < 4.78 is 12.2. The van der Waals surface area contributed by atoms with Crippen molar-refractivity contribution in [2.24, 2.45) is 0 Å². The Labute approximate surface area is 112 Å². The molecule has 0 saturated carbocycles. The van der Waals surface area contributed by atoms with Gasteiger partial charge in [0.25, 0.3) is 0 Å². The van der Waals surface area contributed by atoms with E-state index in [1.165, 1.54) is 6.08 Å². The van der Waals surface area contributed by atoms with Crippen molar-refractivity contribution in [2.45, 2.75) is 13.5 Å². The van der Waals surface area contributed by atoms with Gasteiger partial charge in [-0.15, -0.1) is 0 Å². The molecule has 2 rings (SSSR count). The van der Waals surface area contributed by atoms with Crippen LogP contribution in [0.2, 0.25) is 0 Å². The smallest absolute Gasteiger partial charge is 0.330 e. The zero-order valence-corrected chi connectivity index (χ0v) is 11.1. The van der Waals surface area contributed by atoms with Gasteiger partial charge in [0.15, 0.2) is 0 Å². The molecule has 0 unspecified atom stereocenters. The fourth-order valence-electron chi connectivity index (χ4n) is 1.99. The van der Waals surface area contributed by atoms with E-state index in [0.29, 0.717) is 13.2 Å². The maximum Gasteiger partial charge on any atom is 0.330 e. The molecule has 100 valence electrons. The van der Waals surface area contributed by atoms with Gasteiger partial charge in [-0.3, -0.25) is 0 Å². The maximum atomic E-state index is 11.2. The molecule has 0 atom stereocenters. The number of hydrogen-bond acceptors (Lipinski definition) is 3. The number of hydrogen-bond donors (Lipinski definition) is 0. The molecule has 0 aliphatic rings. The van der Waals surface area contributed by atoms with Gasteiger partial charge in [0.05, 0.1) is 19.2 Å². The average molecular weight is 259 g/mol. The first-order chi connectivity index (χ1) is 9.26. The second-order valence-electron chi connectivity index (χ2n) is 4.02. The van der Waals surface area contributed by atoms with E-state index in [1.54, 1.807) is 20.1 Å². The lowest BCUT2D eigenvalue weighted by atomic mass is 10.2. The summed E-state index contributed by atoms with van der Waals surface area (Å²) in [5.74, 6) is 0.544. The molecule has 1 aromatic carbocycles. The first kappa shape index (κ1) is 13.2. The summed E-state index contributed by atoms with van der Waals surface area (Å²) in [6.45, 7) is 2.81. The van der Waals surface area contributed by atoms with Crippen LogP contribution in [0.15, 0.2) is 42.6 Å². The van der Waals surface area contributed by atoms with Gasteiger partial charge in [0.1, 0.15) is 5.75 Å². The molecule has 0 saturated heterocycles. The number of ether oxygens (including phenoxy) is 2. The van der Waals surface area contributed by atoms with Crippen LogP contribution in [0.5, 0.6) is 5.75 Å². The van der Waals surface area contributed by atoms with Crippen LogP contribution in [0.3, 0.4) is 0 Å². The number of allylic oxidation sites excluding steroid dienone is 1. The highest BCUT2D eigenvalue weighted by Crippen LogP contribution is 2.26. The minimum atomic E-state index is -0.309. The third-order valence-corrected chi connectivity index (χ3v) is 2.84. The average Bonchev–Trinajstić information content (AvgIpc) is 2.82. The van der Waals surface area contributed by atoms with Crippen molar-refractivity contribution in [3.63, 3.8) is 0 Å². The number of aromatic nitrogens is 1. The number of carbonyl (C=O) groups is 1. The molecular formula is C15H17NO3. The number of carbonyl (C=O) groups excluding carboxylic acids is 1. The van der Waals surface area contributed by atoms with E-state index in [1.807, 2.05) is 35.0 Å². The first-order valence-corrected chi connectivity index (χ1v) is 6.21. The number of methoxy groups -OCH3 is 1. The van der Waals surface area contributed by atoms with Gasteiger partial charge in [0, 0.05) is 24.2 Å². The fraction of sp³-hybridized carbons (Fsp3) is 0.267. The second kappa shape index (κ2) is 6.09. The van der Waals surface area contributed by atoms with E-state index >= 15 is 0 Å². The van der Waals surface area contributed by atoms with E-state index in [-0.39, 0.29) is 5.97 Å². The molecule has 19 heavy (non-hydrogen) atoms. The molecule has 0 N–H and O–H groups in total. The molecule has 2 aromatic rings.